The molecule has 1 spiro atoms. The molecule has 32 heavy (non-hydrogen) atoms. The molecule has 1 aliphatic carbocycles. The van der Waals surface area contributed by atoms with Crippen LogP contribution in [0.4, 0.5) is 0 Å². The molecule has 6 heteroatoms. The Labute approximate surface area is 189 Å². The SMILES string of the molecule is COc1ccc(C2=NC3(CCCCC3)N(CC(=O)NCCCc3ccccc3)C2=O)cc1. The first-order chi connectivity index (χ1) is 15.6. The number of methoxy groups -OCH3 is 1. The molecule has 1 saturated carbocycles. The number of hydrogen-bond acceptors (Lipinski definition) is 4. The van der Waals surface area contributed by atoms with Gasteiger partial charge in [-0.25, -0.2) is 0 Å². The van der Waals surface area contributed by atoms with Crippen molar-refractivity contribution in [3.05, 3.63) is 65.7 Å². The Balaban J connectivity index is 1.41. The number of aryl methyl sites for hydroxylation is 1. The molecule has 0 aromatic heterocycles. The van der Waals surface area contributed by atoms with Gasteiger partial charge in [0.15, 0.2) is 0 Å². The van der Waals surface area contributed by atoms with Gasteiger partial charge in [-0.05, 0) is 68.4 Å². The van der Waals surface area contributed by atoms with Crippen LogP contribution in [0.15, 0.2) is 59.6 Å². The number of aliphatic imine (C=N–C) groups is 1. The average molecular weight is 434 g/mol. The molecule has 1 N–H and O–H groups in total. The van der Waals surface area contributed by atoms with E-state index in [9.17, 15) is 9.59 Å². The first-order valence-electron chi connectivity index (χ1n) is 11.5. The summed E-state index contributed by atoms with van der Waals surface area (Å²) in [5, 5.41) is 2.99. The van der Waals surface area contributed by atoms with E-state index in [1.165, 1.54) is 5.56 Å². The van der Waals surface area contributed by atoms with Gasteiger partial charge >= 0.3 is 0 Å². The molecule has 0 bridgehead atoms. The zero-order valence-electron chi connectivity index (χ0n) is 18.7. The number of nitrogens with zero attached hydrogens (tertiary/aromatic N) is 2. The van der Waals surface area contributed by atoms with E-state index in [4.69, 9.17) is 9.73 Å². The predicted molar refractivity (Wildman–Crippen MR) is 125 cm³/mol. The van der Waals surface area contributed by atoms with Crippen LogP contribution in [-0.2, 0) is 16.0 Å². The average Bonchev–Trinajstić information content (AvgIpc) is 3.09. The number of amides is 2. The minimum Gasteiger partial charge on any atom is -0.497 e. The monoisotopic (exact) mass is 433 g/mol. The van der Waals surface area contributed by atoms with E-state index in [-0.39, 0.29) is 18.4 Å². The van der Waals surface area contributed by atoms with Crippen LogP contribution in [-0.4, -0.2) is 48.3 Å². The van der Waals surface area contributed by atoms with Crippen LogP contribution >= 0.6 is 0 Å². The highest BCUT2D eigenvalue weighted by atomic mass is 16.5. The van der Waals surface area contributed by atoms with Gasteiger partial charge < -0.3 is 15.0 Å². The van der Waals surface area contributed by atoms with E-state index in [1.807, 2.05) is 42.5 Å². The number of nitrogens with one attached hydrogen (secondary N) is 1. The van der Waals surface area contributed by atoms with Gasteiger partial charge in [0.1, 0.15) is 23.7 Å². The predicted octanol–water partition coefficient (Wildman–Crippen LogP) is 3.74. The topological polar surface area (TPSA) is 71.0 Å². The lowest BCUT2D eigenvalue weighted by atomic mass is 9.88. The summed E-state index contributed by atoms with van der Waals surface area (Å²) in [4.78, 5) is 32.7. The quantitative estimate of drug-likeness (QED) is 0.645. The summed E-state index contributed by atoms with van der Waals surface area (Å²) in [5.41, 5.74) is 1.89. The van der Waals surface area contributed by atoms with Gasteiger partial charge in [0.25, 0.3) is 5.91 Å². The minimum atomic E-state index is -0.591. The summed E-state index contributed by atoms with van der Waals surface area (Å²) in [5.74, 6) is 0.456. The third-order valence-electron chi connectivity index (χ3n) is 6.40. The fourth-order valence-corrected chi connectivity index (χ4v) is 4.65. The highest BCUT2D eigenvalue weighted by molar-refractivity contribution is 6.47. The van der Waals surface area contributed by atoms with Crippen molar-refractivity contribution in [2.24, 2.45) is 4.99 Å². The van der Waals surface area contributed by atoms with Gasteiger partial charge in [0.05, 0.1) is 7.11 Å². The van der Waals surface area contributed by atoms with Gasteiger partial charge in [-0.15, -0.1) is 0 Å². The third kappa shape index (κ3) is 4.85. The van der Waals surface area contributed by atoms with E-state index in [0.29, 0.717) is 12.3 Å². The van der Waals surface area contributed by atoms with Crippen LogP contribution in [0.2, 0.25) is 0 Å². The molecule has 0 unspecified atom stereocenters. The van der Waals surface area contributed by atoms with Crippen LogP contribution in [0.5, 0.6) is 5.75 Å². The molecule has 1 aliphatic heterocycles. The Morgan fingerprint density at radius 1 is 1.06 bits per heavy atom. The maximum atomic E-state index is 13.4. The van der Waals surface area contributed by atoms with Crippen molar-refractivity contribution < 1.29 is 14.3 Å². The fraction of sp³-hybridized carbons (Fsp3) is 0.423. The molecule has 6 nitrogen and oxygen atoms in total. The lowest BCUT2D eigenvalue weighted by Gasteiger charge is -2.38. The van der Waals surface area contributed by atoms with Gasteiger partial charge in [0.2, 0.25) is 5.91 Å². The molecule has 2 amide bonds. The van der Waals surface area contributed by atoms with Crippen molar-refractivity contribution in [3.8, 4) is 5.75 Å². The maximum absolute atomic E-state index is 13.4. The van der Waals surface area contributed by atoms with Crippen molar-refractivity contribution in [2.75, 3.05) is 20.2 Å². The van der Waals surface area contributed by atoms with E-state index < -0.39 is 5.66 Å². The van der Waals surface area contributed by atoms with Crippen LogP contribution in [0.3, 0.4) is 0 Å². The number of hydrogen-bond donors (Lipinski definition) is 1. The lowest BCUT2D eigenvalue weighted by molar-refractivity contribution is -0.136. The third-order valence-corrected chi connectivity index (χ3v) is 6.40. The van der Waals surface area contributed by atoms with Gasteiger partial charge in [0, 0.05) is 12.1 Å². The van der Waals surface area contributed by atoms with Crippen LogP contribution in [0.25, 0.3) is 0 Å². The summed E-state index contributed by atoms with van der Waals surface area (Å²) >= 11 is 0. The summed E-state index contributed by atoms with van der Waals surface area (Å²) < 4.78 is 5.23. The number of carbonyl (C=O) groups is 2. The molecule has 0 radical (unpaired) electrons. The van der Waals surface area contributed by atoms with Gasteiger partial charge in [-0.1, -0.05) is 36.8 Å². The second-order valence-corrected chi connectivity index (χ2v) is 8.56. The summed E-state index contributed by atoms with van der Waals surface area (Å²) in [6.07, 6.45) is 6.56. The lowest BCUT2D eigenvalue weighted by Crippen LogP contribution is -2.52. The first-order valence-corrected chi connectivity index (χ1v) is 11.5. The van der Waals surface area contributed by atoms with E-state index in [1.54, 1.807) is 12.0 Å². The Hall–Kier alpha value is -3.15. The van der Waals surface area contributed by atoms with Gasteiger partial charge in [-0.2, -0.15) is 0 Å². The maximum Gasteiger partial charge on any atom is 0.275 e. The molecular formula is C26H31N3O3. The van der Waals surface area contributed by atoms with Gasteiger partial charge in [-0.3, -0.25) is 14.6 Å². The molecule has 168 valence electrons. The van der Waals surface area contributed by atoms with E-state index >= 15 is 0 Å². The zero-order chi connectivity index (χ0) is 22.4. The smallest absolute Gasteiger partial charge is 0.275 e. The van der Waals surface area contributed by atoms with E-state index in [2.05, 4.69) is 17.4 Å². The molecule has 1 heterocycles. The zero-order valence-corrected chi connectivity index (χ0v) is 18.7. The number of carbonyl (C=O) groups excluding carboxylic acids is 2. The van der Waals surface area contributed by atoms with Crippen LogP contribution in [0.1, 0.15) is 49.7 Å². The van der Waals surface area contributed by atoms with Crippen LogP contribution < -0.4 is 10.1 Å². The second kappa shape index (κ2) is 9.98. The molecule has 2 aromatic rings. The standard InChI is InChI=1S/C26H31N3O3/c1-32-22-14-12-21(13-15-22)24-25(31)29(26(28-24)16-6-3-7-17-26)19-23(30)27-18-8-11-20-9-4-2-5-10-20/h2,4-5,9-10,12-15H,3,6-8,11,16-19H2,1H3,(H,27,30). The van der Waals surface area contributed by atoms with Crippen LogP contribution in [0, 0.1) is 0 Å². The molecule has 4 rings (SSSR count). The van der Waals surface area contributed by atoms with Crippen molar-refractivity contribution >= 4 is 17.5 Å². The second-order valence-electron chi connectivity index (χ2n) is 8.56. The molecule has 0 saturated heterocycles. The van der Waals surface area contributed by atoms with Crippen molar-refractivity contribution in [2.45, 2.75) is 50.6 Å². The minimum absolute atomic E-state index is 0.0489. The van der Waals surface area contributed by atoms with Crippen molar-refractivity contribution in [1.29, 1.82) is 0 Å². The Kier molecular flexibility index (Phi) is 6.88. The summed E-state index contributed by atoms with van der Waals surface area (Å²) in [6, 6.07) is 17.6. The molecule has 2 aliphatic rings. The molecule has 0 atom stereocenters. The molecule has 1 fully saturated rings. The fourth-order valence-electron chi connectivity index (χ4n) is 4.65. The molecule has 2 aromatic carbocycles. The van der Waals surface area contributed by atoms with Crippen molar-refractivity contribution in [1.82, 2.24) is 10.2 Å². The number of ether oxygens (including phenoxy) is 1. The Bertz CT molecular complexity index is 964. The molecular weight excluding hydrogens is 402 g/mol. The number of rotatable bonds is 8. The summed E-state index contributed by atoms with van der Waals surface area (Å²) in [7, 11) is 1.62. The van der Waals surface area contributed by atoms with Crippen molar-refractivity contribution in [3.63, 3.8) is 0 Å². The first kappa shape index (κ1) is 22.1. The van der Waals surface area contributed by atoms with E-state index in [0.717, 1.165) is 56.3 Å². The normalized spacial score (nSPS) is 17.3. The largest absolute Gasteiger partial charge is 0.497 e. The Morgan fingerprint density at radius 3 is 2.47 bits per heavy atom. The summed E-state index contributed by atoms with van der Waals surface area (Å²) in [6.45, 7) is 0.641. The highest BCUT2D eigenvalue weighted by Gasteiger charge is 2.48. The Morgan fingerprint density at radius 2 is 1.78 bits per heavy atom. The highest BCUT2D eigenvalue weighted by Crippen LogP contribution is 2.39. The number of benzene rings is 2.